The maximum absolute atomic E-state index is 11.8. The fourth-order valence-electron chi connectivity index (χ4n) is 3.10. The molecular weight excluding hydrogens is 252 g/mol. The van der Waals surface area contributed by atoms with Crippen molar-refractivity contribution >= 4 is 5.97 Å². The Morgan fingerprint density at radius 1 is 1.35 bits per heavy atom. The van der Waals surface area contributed by atoms with Gasteiger partial charge in [-0.25, -0.2) is 0 Å². The summed E-state index contributed by atoms with van der Waals surface area (Å²) in [5.74, 6) is 0.723. The van der Waals surface area contributed by atoms with Gasteiger partial charge in [-0.05, 0) is 72.0 Å². The molecule has 0 aromatic rings. The molecule has 0 aromatic heterocycles. The van der Waals surface area contributed by atoms with Crippen LogP contribution >= 0.6 is 0 Å². The second-order valence-electron chi connectivity index (χ2n) is 6.57. The van der Waals surface area contributed by atoms with Gasteiger partial charge in [-0.3, -0.25) is 4.79 Å². The quantitative estimate of drug-likeness (QED) is 0.729. The van der Waals surface area contributed by atoms with Crippen LogP contribution in [0.3, 0.4) is 0 Å². The Morgan fingerprint density at radius 2 is 1.95 bits per heavy atom. The van der Waals surface area contributed by atoms with Crippen molar-refractivity contribution in [1.82, 2.24) is 10.2 Å². The zero-order valence-electron chi connectivity index (χ0n) is 13.9. The molecule has 0 heterocycles. The number of hydrogen-bond donors (Lipinski definition) is 1. The molecule has 4 nitrogen and oxygen atoms in total. The lowest BCUT2D eigenvalue weighted by Gasteiger charge is -2.34. The van der Waals surface area contributed by atoms with Gasteiger partial charge in [-0.15, -0.1) is 0 Å². The molecule has 1 saturated carbocycles. The van der Waals surface area contributed by atoms with Gasteiger partial charge < -0.3 is 15.0 Å². The molecule has 0 amide bonds. The maximum Gasteiger partial charge on any atom is 0.325 e. The first kappa shape index (κ1) is 17.4. The predicted molar refractivity (Wildman–Crippen MR) is 82.8 cm³/mol. The Bertz CT molecular complexity index is 301. The van der Waals surface area contributed by atoms with Crippen molar-refractivity contribution in [3.63, 3.8) is 0 Å². The van der Waals surface area contributed by atoms with Gasteiger partial charge in [0.05, 0.1) is 7.11 Å². The number of likely N-dealkylation sites (N-methyl/N-ethyl adjacent to an activating group) is 1. The molecule has 1 aliphatic rings. The minimum atomic E-state index is -0.559. The summed E-state index contributed by atoms with van der Waals surface area (Å²) in [5.41, 5.74) is -0.559. The molecule has 0 saturated heterocycles. The van der Waals surface area contributed by atoms with Crippen LogP contribution in [-0.2, 0) is 9.53 Å². The van der Waals surface area contributed by atoms with E-state index >= 15 is 0 Å². The molecule has 1 unspecified atom stereocenters. The zero-order chi connectivity index (χ0) is 15.2. The molecule has 1 rings (SSSR count). The van der Waals surface area contributed by atoms with Gasteiger partial charge in [0.2, 0.25) is 0 Å². The molecule has 1 atom stereocenters. The molecule has 1 aliphatic carbocycles. The lowest BCUT2D eigenvalue weighted by Crippen LogP contribution is -2.48. The summed E-state index contributed by atoms with van der Waals surface area (Å²) in [7, 11) is 5.49. The lowest BCUT2D eigenvalue weighted by molar-refractivity contribution is -0.148. The van der Waals surface area contributed by atoms with Crippen LogP contribution in [0.2, 0.25) is 0 Å². The molecular formula is C16H32N2O2. The van der Waals surface area contributed by atoms with Crippen molar-refractivity contribution in [2.75, 3.05) is 27.7 Å². The first-order chi connectivity index (χ1) is 9.42. The smallest absolute Gasteiger partial charge is 0.325 e. The first-order valence-corrected chi connectivity index (χ1v) is 7.90. The van der Waals surface area contributed by atoms with Crippen LogP contribution in [0.5, 0.6) is 0 Å². The predicted octanol–water partition coefficient (Wildman–Crippen LogP) is 2.43. The summed E-state index contributed by atoms with van der Waals surface area (Å²) < 4.78 is 4.88. The average Bonchev–Trinajstić information content (AvgIpc) is 2.46. The van der Waals surface area contributed by atoms with E-state index in [0.29, 0.717) is 0 Å². The summed E-state index contributed by atoms with van der Waals surface area (Å²) in [6, 6.07) is 0.727. The van der Waals surface area contributed by atoms with Gasteiger partial charge in [-0.2, -0.15) is 0 Å². The maximum atomic E-state index is 11.8. The molecule has 4 heteroatoms. The van der Waals surface area contributed by atoms with Crippen LogP contribution in [0.1, 0.15) is 52.4 Å². The van der Waals surface area contributed by atoms with Gasteiger partial charge in [0.25, 0.3) is 0 Å². The van der Waals surface area contributed by atoms with Gasteiger partial charge in [-0.1, -0.05) is 6.92 Å². The van der Waals surface area contributed by atoms with Crippen LogP contribution < -0.4 is 5.32 Å². The number of rotatable bonds is 7. The number of methoxy groups -OCH3 is 1. The van der Waals surface area contributed by atoms with Crippen molar-refractivity contribution in [1.29, 1.82) is 0 Å². The number of nitrogens with one attached hydrogen (secondary N) is 1. The minimum Gasteiger partial charge on any atom is -0.468 e. The molecule has 0 aliphatic heterocycles. The minimum absolute atomic E-state index is 0.172. The van der Waals surface area contributed by atoms with E-state index in [1.54, 1.807) is 0 Å². The summed E-state index contributed by atoms with van der Waals surface area (Å²) in [4.78, 5) is 14.3. The largest absolute Gasteiger partial charge is 0.468 e. The number of carbonyl (C=O) groups is 1. The number of esters is 1. The normalized spacial score (nSPS) is 26.3. The Hall–Kier alpha value is -0.610. The van der Waals surface area contributed by atoms with Gasteiger partial charge in [0, 0.05) is 6.04 Å². The van der Waals surface area contributed by atoms with Gasteiger partial charge in [0.15, 0.2) is 0 Å². The van der Waals surface area contributed by atoms with E-state index in [1.807, 2.05) is 14.0 Å². The van der Waals surface area contributed by atoms with E-state index in [0.717, 1.165) is 31.3 Å². The second kappa shape index (κ2) is 7.99. The summed E-state index contributed by atoms with van der Waals surface area (Å²) in [5, 5.41) is 3.10. The van der Waals surface area contributed by atoms with E-state index in [4.69, 9.17) is 4.74 Å². The Balaban J connectivity index is 2.33. The summed E-state index contributed by atoms with van der Waals surface area (Å²) in [6.07, 6.45) is 7.16. The van der Waals surface area contributed by atoms with Crippen LogP contribution in [0.25, 0.3) is 0 Å². The molecule has 0 bridgehead atoms. The number of hydrogen-bond acceptors (Lipinski definition) is 4. The van der Waals surface area contributed by atoms with Crippen molar-refractivity contribution in [2.24, 2.45) is 5.92 Å². The third-order valence-corrected chi connectivity index (χ3v) is 4.98. The van der Waals surface area contributed by atoms with Crippen molar-refractivity contribution in [2.45, 2.75) is 64.0 Å². The van der Waals surface area contributed by atoms with Crippen molar-refractivity contribution < 1.29 is 9.53 Å². The Kier molecular flexibility index (Phi) is 6.96. The van der Waals surface area contributed by atoms with E-state index in [9.17, 15) is 4.79 Å². The second-order valence-corrected chi connectivity index (χ2v) is 6.57. The highest BCUT2D eigenvalue weighted by molar-refractivity contribution is 5.80. The molecule has 118 valence electrons. The molecule has 1 N–H and O–H groups in total. The van der Waals surface area contributed by atoms with Crippen LogP contribution in [0.15, 0.2) is 0 Å². The average molecular weight is 284 g/mol. The first-order valence-electron chi connectivity index (χ1n) is 7.90. The third kappa shape index (κ3) is 4.74. The molecule has 0 radical (unpaired) electrons. The highest BCUT2D eigenvalue weighted by Gasteiger charge is 2.32. The topological polar surface area (TPSA) is 41.6 Å². The molecule has 20 heavy (non-hydrogen) atoms. The highest BCUT2D eigenvalue weighted by Crippen LogP contribution is 2.26. The Labute approximate surface area is 124 Å². The zero-order valence-corrected chi connectivity index (χ0v) is 13.9. The fourth-order valence-corrected chi connectivity index (χ4v) is 3.10. The number of nitrogens with zero attached hydrogens (tertiary/aromatic N) is 1. The van der Waals surface area contributed by atoms with E-state index in [1.165, 1.54) is 32.8 Å². The monoisotopic (exact) mass is 284 g/mol. The molecule has 0 spiro atoms. The summed E-state index contributed by atoms with van der Waals surface area (Å²) >= 11 is 0. The molecule has 1 fully saturated rings. The number of carbonyl (C=O) groups excluding carboxylic acids is 1. The lowest BCUT2D eigenvalue weighted by atomic mass is 9.86. The van der Waals surface area contributed by atoms with Crippen LogP contribution in [0.4, 0.5) is 0 Å². The Morgan fingerprint density at radius 3 is 2.45 bits per heavy atom. The highest BCUT2D eigenvalue weighted by atomic mass is 16.5. The van der Waals surface area contributed by atoms with Crippen molar-refractivity contribution in [3.8, 4) is 0 Å². The summed E-state index contributed by atoms with van der Waals surface area (Å²) in [6.45, 7) is 5.32. The van der Waals surface area contributed by atoms with E-state index in [2.05, 4.69) is 24.2 Å². The SMILES string of the molecule is CNC(C)(CCCN(C)C1CCC(C)CC1)C(=O)OC. The number of ether oxygens (including phenoxy) is 1. The molecule has 0 aromatic carbocycles. The standard InChI is InChI=1S/C16H32N2O2/c1-13-7-9-14(10-8-13)18(4)12-6-11-16(2,17-3)15(19)20-5/h13-14,17H,6-12H2,1-5H3. The van der Waals surface area contributed by atoms with E-state index < -0.39 is 5.54 Å². The van der Waals surface area contributed by atoms with Gasteiger partial charge >= 0.3 is 5.97 Å². The van der Waals surface area contributed by atoms with Crippen molar-refractivity contribution in [3.05, 3.63) is 0 Å². The van der Waals surface area contributed by atoms with Gasteiger partial charge in [0.1, 0.15) is 5.54 Å². The van der Waals surface area contributed by atoms with Crippen LogP contribution in [0, 0.1) is 5.92 Å². The fraction of sp³-hybridized carbons (Fsp3) is 0.938. The third-order valence-electron chi connectivity index (χ3n) is 4.98. The van der Waals surface area contributed by atoms with Crippen LogP contribution in [-0.4, -0.2) is 50.2 Å². The van der Waals surface area contributed by atoms with E-state index in [-0.39, 0.29) is 5.97 Å².